The Labute approximate surface area is 124 Å². The van der Waals surface area contributed by atoms with Crippen molar-refractivity contribution in [2.45, 2.75) is 51.7 Å². The largest absolute Gasteiger partial charge is 0.378 e. The van der Waals surface area contributed by atoms with Gasteiger partial charge < -0.3 is 20.3 Å². The average molecular weight is 283 g/mol. The predicted molar refractivity (Wildman–Crippen MR) is 83.9 cm³/mol. The molecule has 1 saturated carbocycles. The minimum Gasteiger partial charge on any atom is -0.378 e. The molecule has 0 aromatic rings. The highest BCUT2D eigenvalue weighted by Gasteiger charge is 2.58. The number of nitrogens with two attached hydrogens (primary N) is 1. The lowest BCUT2D eigenvalue weighted by Crippen LogP contribution is -2.73. The molecule has 2 fully saturated rings. The first-order valence-corrected chi connectivity index (χ1v) is 8.20. The van der Waals surface area contributed by atoms with E-state index < -0.39 is 0 Å². The van der Waals surface area contributed by atoms with Crippen LogP contribution in [0.4, 0.5) is 0 Å². The van der Waals surface area contributed by atoms with E-state index in [2.05, 4.69) is 37.6 Å². The monoisotopic (exact) mass is 283 g/mol. The minimum absolute atomic E-state index is 0.0743. The topological polar surface area (TPSA) is 41.7 Å². The van der Waals surface area contributed by atoms with Gasteiger partial charge in [-0.2, -0.15) is 0 Å². The highest BCUT2D eigenvalue weighted by Crippen LogP contribution is 2.49. The lowest BCUT2D eigenvalue weighted by Gasteiger charge is -2.60. The number of ether oxygens (including phenoxy) is 1. The second-order valence-corrected chi connectivity index (χ2v) is 7.31. The van der Waals surface area contributed by atoms with Gasteiger partial charge in [-0.3, -0.25) is 0 Å². The summed E-state index contributed by atoms with van der Waals surface area (Å²) < 4.78 is 5.80. The van der Waals surface area contributed by atoms with Crippen molar-refractivity contribution in [2.24, 2.45) is 11.1 Å². The Morgan fingerprint density at radius 2 is 1.95 bits per heavy atom. The highest BCUT2D eigenvalue weighted by atomic mass is 16.5. The average Bonchev–Trinajstić information content (AvgIpc) is 2.89. The van der Waals surface area contributed by atoms with Crippen LogP contribution in [-0.2, 0) is 4.74 Å². The fourth-order valence-corrected chi connectivity index (χ4v) is 3.65. The minimum atomic E-state index is -0.105. The highest BCUT2D eigenvalue weighted by molar-refractivity contribution is 5.14. The van der Waals surface area contributed by atoms with Gasteiger partial charge in [0.15, 0.2) is 0 Å². The summed E-state index contributed by atoms with van der Waals surface area (Å²) in [6.07, 6.45) is 4.05. The van der Waals surface area contributed by atoms with Crippen molar-refractivity contribution >= 4 is 0 Å². The molecule has 0 amide bonds. The molecule has 1 saturated heterocycles. The molecule has 2 atom stereocenters. The number of hydrogen-bond donors (Lipinski definition) is 1. The van der Waals surface area contributed by atoms with Crippen LogP contribution in [-0.4, -0.2) is 67.8 Å². The van der Waals surface area contributed by atoms with Gasteiger partial charge in [-0.1, -0.05) is 13.8 Å². The zero-order valence-electron chi connectivity index (χ0n) is 13.8. The number of nitrogens with zero attached hydrogens (tertiary/aromatic N) is 2. The van der Waals surface area contributed by atoms with Gasteiger partial charge in [0.05, 0.1) is 6.10 Å². The van der Waals surface area contributed by atoms with Crippen LogP contribution in [0.15, 0.2) is 0 Å². The molecule has 0 aromatic carbocycles. The molecule has 0 radical (unpaired) electrons. The quantitative estimate of drug-likeness (QED) is 0.770. The zero-order valence-corrected chi connectivity index (χ0v) is 13.8. The maximum Gasteiger partial charge on any atom is 0.0662 e. The van der Waals surface area contributed by atoms with Crippen molar-refractivity contribution in [3.63, 3.8) is 0 Å². The Hall–Kier alpha value is -0.160. The first-order valence-electron chi connectivity index (χ1n) is 8.20. The van der Waals surface area contributed by atoms with Crippen LogP contribution in [0, 0.1) is 5.41 Å². The normalized spacial score (nSPS) is 33.6. The summed E-state index contributed by atoms with van der Waals surface area (Å²) in [5, 5.41) is 0. The molecule has 20 heavy (non-hydrogen) atoms. The van der Waals surface area contributed by atoms with E-state index in [9.17, 15) is 0 Å². The molecule has 0 bridgehead atoms. The molecule has 4 nitrogen and oxygen atoms in total. The van der Waals surface area contributed by atoms with Gasteiger partial charge in [-0.15, -0.1) is 0 Å². The summed E-state index contributed by atoms with van der Waals surface area (Å²) in [5.41, 5.74) is 6.62. The van der Waals surface area contributed by atoms with Gasteiger partial charge >= 0.3 is 0 Å². The number of likely N-dealkylation sites (tertiary alicyclic amines) is 1. The Bertz CT molecular complexity index is 315. The summed E-state index contributed by atoms with van der Waals surface area (Å²) in [6.45, 7) is 13.2. The molecule has 1 aliphatic heterocycles. The fraction of sp³-hybridized carbons (Fsp3) is 1.00. The smallest absolute Gasteiger partial charge is 0.0662 e. The van der Waals surface area contributed by atoms with E-state index in [4.69, 9.17) is 10.5 Å². The molecule has 0 aromatic heterocycles. The molecule has 4 heteroatoms. The molecule has 0 spiro atoms. The zero-order chi connectivity index (χ0) is 14.8. The van der Waals surface area contributed by atoms with Crippen molar-refractivity contribution in [3.8, 4) is 0 Å². The molecule has 1 aliphatic carbocycles. The maximum absolute atomic E-state index is 6.65. The lowest BCUT2D eigenvalue weighted by molar-refractivity contribution is -0.155. The first-order chi connectivity index (χ1) is 9.39. The van der Waals surface area contributed by atoms with Gasteiger partial charge in [0.1, 0.15) is 0 Å². The van der Waals surface area contributed by atoms with E-state index in [1.54, 1.807) is 0 Å². The third-order valence-electron chi connectivity index (χ3n) is 5.55. The summed E-state index contributed by atoms with van der Waals surface area (Å²) >= 11 is 0. The Morgan fingerprint density at radius 1 is 1.30 bits per heavy atom. The SMILES string of the molecule is CCOC1CC(N)(CN(C)CCN2CCCC2)C1(C)C. The fourth-order valence-electron chi connectivity index (χ4n) is 3.65. The second kappa shape index (κ2) is 6.30. The maximum atomic E-state index is 6.65. The van der Waals surface area contributed by atoms with Crippen molar-refractivity contribution in [1.29, 1.82) is 0 Å². The van der Waals surface area contributed by atoms with E-state index in [0.29, 0.717) is 6.10 Å². The van der Waals surface area contributed by atoms with Crippen LogP contribution in [0.5, 0.6) is 0 Å². The van der Waals surface area contributed by atoms with E-state index in [1.165, 1.54) is 32.5 Å². The Morgan fingerprint density at radius 3 is 2.50 bits per heavy atom. The van der Waals surface area contributed by atoms with Crippen molar-refractivity contribution in [2.75, 3.05) is 46.4 Å². The van der Waals surface area contributed by atoms with Gasteiger partial charge in [-0.05, 0) is 46.3 Å². The van der Waals surface area contributed by atoms with E-state index >= 15 is 0 Å². The third-order valence-corrected chi connectivity index (χ3v) is 5.55. The van der Waals surface area contributed by atoms with Crippen LogP contribution in [0.1, 0.15) is 40.0 Å². The molecule has 1 heterocycles. The van der Waals surface area contributed by atoms with Crippen molar-refractivity contribution in [1.82, 2.24) is 9.80 Å². The molecular weight excluding hydrogens is 250 g/mol. The van der Waals surface area contributed by atoms with E-state index in [-0.39, 0.29) is 11.0 Å². The number of rotatable bonds is 7. The summed E-state index contributed by atoms with van der Waals surface area (Å²) in [5.74, 6) is 0. The number of hydrogen-bond acceptors (Lipinski definition) is 4. The van der Waals surface area contributed by atoms with Gasteiger partial charge in [0.2, 0.25) is 0 Å². The van der Waals surface area contributed by atoms with Crippen LogP contribution < -0.4 is 5.73 Å². The molecule has 118 valence electrons. The molecule has 2 unspecified atom stereocenters. The summed E-state index contributed by atoms with van der Waals surface area (Å²) in [4.78, 5) is 4.97. The first kappa shape index (κ1) is 16.2. The Balaban J connectivity index is 1.77. The molecule has 2 aliphatic rings. The van der Waals surface area contributed by atoms with Crippen molar-refractivity contribution in [3.05, 3.63) is 0 Å². The van der Waals surface area contributed by atoms with Gasteiger partial charge in [0, 0.05) is 37.2 Å². The third kappa shape index (κ3) is 3.19. The van der Waals surface area contributed by atoms with Crippen LogP contribution in [0.25, 0.3) is 0 Å². The standard InChI is InChI=1S/C16H33N3O/c1-5-20-14-12-16(17,15(14,2)3)13-18(4)10-11-19-8-6-7-9-19/h14H,5-13,17H2,1-4H3. The van der Waals surface area contributed by atoms with E-state index in [1.807, 2.05) is 0 Å². The van der Waals surface area contributed by atoms with Crippen LogP contribution in [0.3, 0.4) is 0 Å². The van der Waals surface area contributed by atoms with Gasteiger partial charge in [-0.25, -0.2) is 0 Å². The molecule has 2 rings (SSSR count). The van der Waals surface area contributed by atoms with E-state index in [0.717, 1.165) is 26.1 Å². The molecule has 2 N–H and O–H groups in total. The van der Waals surface area contributed by atoms with Crippen molar-refractivity contribution < 1.29 is 4.74 Å². The van der Waals surface area contributed by atoms with Crippen LogP contribution >= 0.6 is 0 Å². The summed E-state index contributed by atoms with van der Waals surface area (Å²) in [6, 6.07) is 0. The Kier molecular flexibility index (Phi) is 5.11. The lowest BCUT2D eigenvalue weighted by atomic mass is 9.54. The number of likely N-dealkylation sites (N-methyl/N-ethyl adjacent to an activating group) is 1. The van der Waals surface area contributed by atoms with Crippen LogP contribution in [0.2, 0.25) is 0 Å². The molecular formula is C16H33N3O. The second-order valence-electron chi connectivity index (χ2n) is 7.31. The summed E-state index contributed by atoms with van der Waals surface area (Å²) in [7, 11) is 2.20. The van der Waals surface area contributed by atoms with Gasteiger partial charge in [0.25, 0.3) is 0 Å². The predicted octanol–water partition coefficient (Wildman–Crippen LogP) is 1.55.